The molecule has 1 unspecified atom stereocenters. The lowest BCUT2D eigenvalue weighted by Crippen LogP contribution is -2.33. The van der Waals surface area contributed by atoms with E-state index in [2.05, 4.69) is 34.8 Å². The van der Waals surface area contributed by atoms with Crippen LogP contribution in [0.5, 0.6) is 0 Å². The topological polar surface area (TPSA) is 70.6 Å². The Morgan fingerprint density at radius 3 is 2.35 bits per heavy atom. The number of hydrogen-bond donors (Lipinski definition) is 2. The second kappa shape index (κ2) is 7.55. The Bertz CT molecular complexity index is 663. The van der Waals surface area contributed by atoms with E-state index in [1.807, 2.05) is 19.1 Å². The van der Waals surface area contributed by atoms with Crippen LogP contribution in [0.4, 0.5) is 5.69 Å². The van der Waals surface area contributed by atoms with Crippen molar-refractivity contribution < 1.29 is 9.59 Å². The van der Waals surface area contributed by atoms with Gasteiger partial charge in [0.15, 0.2) is 5.17 Å². The molecule has 1 aliphatic rings. The third-order valence-corrected chi connectivity index (χ3v) is 5.78. The first kappa shape index (κ1) is 17.4. The zero-order valence-corrected chi connectivity index (χ0v) is 14.7. The molecule has 6 heteroatoms. The number of nitrogens with one attached hydrogen (secondary N) is 2. The summed E-state index contributed by atoms with van der Waals surface area (Å²) in [4.78, 5) is 27.9. The van der Waals surface area contributed by atoms with Gasteiger partial charge in [0, 0.05) is 17.9 Å². The van der Waals surface area contributed by atoms with Gasteiger partial charge < -0.3 is 10.6 Å². The maximum Gasteiger partial charge on any atom is 0.233 e. The Morgan fingerprint density at radius 1 is 1.13 bits per heavy atom. The van der Waals surface area contributed by atoms with Gasteiger partial charge in [-0.2, -0.15) is 0 Å². The molecule has 2 amide bonds. The highest BCUT2D eigenvalue weighted by Crippen LogP contribution is 2.25. The normalized spacial score (nSPS) is 18.1. The molecular weight excluding hydrogens is 310 g/mol. The Kier molecular flexibility index (Phi) is 5.71. The fourth-order valence-electron chi connectivity index (χ4n) is 2.29. The molecule has 1 heterocycles. The number of nitrogens with zero attached hydrogens (tertiary/aromatic N) is 1. The predicted octanol–water partition coefficient (Wildman–Crippen LogP) is 2.71. The SMILES string of the molecule is CC(=O)Nc1ccc([C@@H](C)C(=O)NC2=NCC=S2C(C)C)cc1. The summed E-state index contributed by atoms with van der Waals surface area (Å²) in [7, 11) is -0.0751. The fraction of sp³-hybridized carbons (Fsp3) is 0.412. The molecular formula is C17H23N3O2S. The lowest BCUT2D eigenvalue weighted by molar-refractivity contribution is -0.120. The van der Waals surface area contributed by atoms with E-state index in [1.54, 1.807) is 12.1 Å². The molecule has 0 spiro atoms. The van der Waals surface area contributed by atoms with Crippen molar-refractivity contribution in [2.45, 2.75) is 38.9 Å². The molecule has 1 aliphatic heterocycles. The second-order valence-corrected chi connectivity index (χ2v) is 8.15. The smallest absolute Gasteiger partial charge is 0.233 e. The Balaban J connectivity index is 2.02. The van der Waals surface area contributed by atoms with Crippen LogP contribution >= 0.6 is 10.5 Å². The van der Waals surface area contributed by atoms with E-state index in [1.165, 1.54) is 6.92 Å². The maximum atomic E-state index is 12.5. The zero-order chi connectivity index (χ0) is 17.0. The van der Waals surface area contributed by atoms with Gasteiger partial charge in [0.05, 0.1) is 12.5 Å². The quantitative estimate of drug-likeness (QED) is 0.832. The number of aliphatic imine (C=N–C) groups is 1. The van der Waals surface area contributed by atoms with Gasteiger partial charge in [-0.15, -0.1) is 10.5 Å². The van der Waals surface area contributed by atoms with Crippen molar-refractivity contribution in [1.82, 2.24) is 5.32 Å². The van der Waals surface area contributed by atoms with Crippen LogP contribution in [0.3, 0.4) is 0 Å². The monoisotopic (exact) mass is 333 g/mol. The summed E-state index contributed by atoms with van der Waals surface area (Å²) in [6.45, 7) is 8.29. The minimum absolute atomic E-state index is 0.0514. The fourth-order valence-corrected chi connectivity index (χ4v) is 3.96. The largest absolute Gasteiger partial charge is 0.326 e. The number of rotatable bonds is 4. The van der Waals surface area contributed by atoms with Crippen molar-refractivity contribution in [2.75, 3.05) is 11.9 Å². The Labute approximate surface area is 139 Å². The first-order chi connectivity index (χ1) is 10.9. The van der Waals surface area contributed by atoms with Crippen LogP contribution in [0, 0.1) is 0 Å². The van der Waals surface area contributed by atoms with Crippen molar-refractivity contribution >= 4 is 38.5 Å². The van der Waals surface area contributed by atoms with Crippen molar-refractivity contribution in [3.05, 3.63) is 29.8 Å². The molecule has 2 atom stereocenters. The van der Waals surface area contributed by atoms with Crippen LogP contribution in [0.25, 0.3) is 0 Å². The van der Waals surface area contributed by atoms with E-state index in [4.69, 9.17) is 0 Å². The summed E-state index contributed by atoms with van der Waals surface area (Å²) in [6, 6.07) is 7.33. The molecule has 1 aromatic rings. The zero-order valence-electron chi connectivity index (χ0n) is 13.9. The highest BCUT2D eigenvalue weighted by atomic mass is 32.2. The molecule has 0 saturated heterocycles. The lowest BCUT2D eigenvalue weighted by Gasteiger charge is -2.16. The van der Waals surface area contributed by atoms with E-state index < -0.39 is 0 Å². The number of hydrogen-bond acceptors (Lipinski definition) is 3. The highest BCUT2D eigenvalue weighted by molar-refractivity contribution is 8.28. The maximum absolute atomic E-state index is 12.5. The number of amidine groups is 1. The molecule has 0 radical (unpaired) electrons. The van der Waals surface area contributed by atoms with E-state index in [0.29, 0.717) is 11.8 Å². The van der Waals surface area contributed by atoms with E-state index in [-0.39, 0.29) is 28.2 Å². The van der Waals surface area contributed by atoms with E-state index >= 15 is 0 Å². The van der Waals surface area contributed by atoms with Crippen molar-refractivity contribution in [1.29, 1.82) is 0 Å². The molecule has 5 nitrogen and oxygen atoms in total. The van der Waals surface area contributed by atoms with E-state index in [9.17, 15) is 9.59 Å². The van der Waals surface area contributed by atoms with Crippen LogP contribution < -0.4 is 10.6 Å². The number of carbonyl (C=O) groups is 2. The molecule has 23 heavy (non-hydrogen) atoms. The van der Waals surface area contributed by atoms with Crippen molar-refractivity contribution in [3.63, 3.8) is 0 Å². The first-order valence-corrected chi connectivity index (χ1v) is 9.01. The molecule has 0 aliphatic carbocycles. The number of anilines is 1. The van der Waals surface area contributed by atoms with Crippen LogP contribution in [-0.4, -0.2) is 34.1 Å². The molecule has 0 saturated carbocycles. The summed E-state index contributed by atoms with van der Waals surface area (Å²) in [6.07, 6.45) is 0. The predicted molar refractivity (Wildman–Crippen MR) is 98.4 cm³/mol. The Hall–Kier alpha value is -1.95. The number of carbonyl (C=O) groups excluding carboxylic acids is 2. The molecule has 0 aromatic heterocycles. The summed E-state index contributed by atoms with van der Waals surface area (Å²) in [5.74, 6) is -0.438. The van der Waals surface area contributed by atoms with Crippen molar-refractivity contribution in [2.24, 2.45) is 4.99 Å². The molecule has 2 N–H and O–H groups in total. The van der Waals surface area contributed by atoms with Gasteiger partial charge in [0.2, 0.25) is 11.8 Å². The first-order valence-electron chi connectivity index (χ1n) is 7.66. The number of benzene rings is 1. The minimum Gasteiger partial charge on any atom is -0.326 e. The molecule has 124 valence electrons. The second-order valence-electron chi connectivity index (χ2n) is 5.75. The average molecular weight is 333 g/mol. The standard InChI is InChI=1S/C17H23N3O2S/c1-11(2)23-10-9-18-17(23)20-16(22)12(3)14-5-7-15(8-6-14)19-13(4)21/h5-8,10-12H,9H2,1-4H3,(H,19,21)(H,18,20,22)/t12-,23?/m1/s1. The van der Waals surface area contributed by atoms with Gasteiger partial charge >= 0.3 is 0 Å². The molecule has 1 aromatic carbocycles. The molecule has 0 bridgehead atoms. The van der Waals surface area contributed by atoms with Crippen LogP contribution in [0.1, 0.15) is 39.2 Å². The third kappa shape index (κ3) is 4.51. The van der Waals surface area contributed by atoms with Crippen LogP contribution in [0.15, 0.2) is 29.3 Å². The van der Waals surface area contributed by atoms with Crippen LogP contribution in [-0.2, 0) is 9.59 Å². The number of amides is 2. The third-order valence-electron chi connectivity index (χ3n) is 3.57. The van der Waals surface area contributed by atoms with E-state index in [0.717, 1.165) is 16.4 Å². The average Bonchev–Trinajstić information content (AvgIpc) is 2.95. The van der Waals surface area contributed by atoms with Gasteiger partial charge in [-0.1, -0.05) is 26.0 Å². The van der Waals surface area contributed by atoms with Gasteiger partial charge in [0.1, 0.15) is 0 Å². The lowest BCUT2D eigenvalue weighted by atomic mass is 10.0. The van der Waals surface area contributed by atoms with Gasteiger partial charge in [-0.05, 0) is 30.0 Å². The Morgan fingerprint density at radius 2 is 1.78 bits per heavy atom. The summed E-state index contributed by atoms with van der Waals surface area (Å²) >= 11 is 0. The summed E-state index contributed by atoms with van der Waals surface area (Å²) < 4.78 is 0. The molecule has 2 rings (SSSR count). The summed E-state index contributed by atoms with van der Waals surface area (Å²) in [5.41, 5.74) is 1.63. The van der Waals surface area contributed by atoms with Crippen molar-refractivity contribution in [3.8, 4) is 0 Å². The minimum atomic E-state index is -0.276. The van der Waals surface area contributed by atoms with Gasteiger partial charge in [-0.25, -0.2) is 0 Å². The van der Waals surface area contributed by atoms with Gasteiger partial charge in [0.25, 0.3) is 0 Å². The highest BCUT2D eigenvalue weighted by Gasteiger charge is 2.21. The summed E-state index contributed by atoms with van der Waals surface area (Å²) in [5, 5.41) is 9.10. The molecule has 0 fully saturated rings. The van der Waals surface area contributed by atoms with Gasteiger partial charge in [-0.3, -0.25) is 14.6 Å². The van der Waals surface area contributed by atoms with Crippen LogP contribution in [0.2, 0.25) is 0 Å².